The minimum atomic E-state index is -1.62. The molecule has 0 bridgehead atoms. The number of aromatic nitrogens is 2. The molecule has 0 fully saturated rings. The van der Waals surface area contributed by atoms with Crippen molar-refractivity contribution in [3.8, 4) is 0 Å². The number of imidazole rings is 1. The minimum Gasteiger partial charge on any atom is -0.330 e. The lowest BCUT2D eigenvalue weighted by molar-refractivity contribution is -0.112. The van der Waals surface area contributed by atoms with Gasteiger partial charge in [-0.2, -0.15) is 0 Å². The number of allylic oxidation sites excluding steroid dienone is 9. The van der Waals surface area contributed by atoms with Gasteiger partial charge < -0.3 is 9.88 Å². The average Bonchev–Trinajstić information content (AvgIpc) is 3.33. The first kappa shape index (κ1) is 27.0. The van der Waals surface area contributed by atoms with E-state index in [0.29, 0.717) is 11.6 Å². The fourth-order valence-electron chi connectivity index (χ4n) is 4.41. The summed E-state index contributed by atoms with van der Waals surface area (Å²) in [4.78, 5) is 16.3. The molecule has 7 heteroatoms. The van der Waals surface area contributed by atoms with E-state index in [1.165, 1.54) is 17.2 Å². The highest BCUT2D eigenvalue weighted by Gasteiger charge is 2.32. The molecule has 2 aromatic rings. The number of benzene rings is 1. The molecule has 0 saturated heterocycles. The Morgan fingerprint density at radius 2 is 1.89 bits per heavy atom. The zero-order valence-corrected chi connectivity index (χ0v) is 21.3. The van der Waals surface area contributed by atoms with Crippen LogP contribution in [-0.2, 0) is 4.79 Å². The number of nitrogens with zero attached hydrogens (tertiary/aromatic N) is 2. The molecule has 4 nitrogen and oxygen atoms in total. The molecule has 1 aliphatic carbocycles. The van der Waals surface area contributed by atoms with Crippen molar-refractivity contribution in [2.45, 2.75) is 53.5 Å². The van der Waals surface area contributed by atoms with Gasteiger partial charge in [0.15, 0.2) is 17.5 Å². The number of hydrogen-bond donors (Lipinski definition) is 1. The number of hydrogen-bond acceptors (Lipinski definition) is 2. The molecular weight excluding hydrogens is 463 g/mol. The lowest BCUT2D eigenvalue weighted by Crippen LogP contribution is -2.25. The van der Waals surface area contributed by atoms with Gasteiger partial charge in [-0.15, -0.1) is 0 Å². The van der Waals surface area contributed by atoms with Crippen molar-refractivity contribution in [3.05, 3.63) is 107 Å². The standard InChI is InChI=1S/C29H32F3N3O/c1-19(9-10-22-21(3)25(13-14-29(22,4)5)35-16-15-33-18-35)7-6-8-20(2)17-26(36)34-24-12-11-23(30)27(31)28(24)32/h6-12,15-18,25H,13-14H2,1-5H3,(H,34,36). The van der Waals surface area contributed by atoms with Crippen LogP contribution in [0.15, 0.2) is 89.6 Å². The number of nitrogens with one attached hydrogen (secondary N) is 1. The third-order valence-corrected chi connectivity index (χ3v) is 6.46. The molecule has 0 saturated carbocycles. The van der Waals surface area contributed by atoms with Gasteiger partial charge in [0.05, 0.1) is 18.1 Å². The molecule has 0 spiro atoms. The maximum atomic E-state index is 13.7. The number of rotatable bonds is 7. The fraction of sp³-hybridized carbons (Fsp3) is 0.310. The van der Waals surface area contributed by atoms with E-state index in [1.54, 1.807) is 13.0 Å². The Balaban J connectivity index is 1.67. The van der Waals surface area contributed by atoms with Crippen LogP contribution in [0, 0.1) is 22.9 Å². The van der Waals surface area contributed by atoms with Crippen molar-refractivity contribution in [3.63, 3.8) is 0 Å². The van der Waals surface area contributed by atoms with Gasteiger partial charge in [0.2, 0.25) is 5.91 Å². The maximum Gasteiger partial charge on any atom is 0.248 e. The Hall–Kier alpha value is -3.61. The molecular formula is C29H32F3N3O. The summed E-state index contributed by atoms with van der Waals surface area (Å²) >= 11 is 0. The van der Waals surface area contributed by atoms with E-state index in [9.17, 15) is 18.0 Å². The first-order chi connectivity index (χ1) is 17.0. The topological polar surface area (TPSA) is 46.9 Å². The van der Waals surface area contributed by atoms with E-state index in [1.807, 2.05) is 37.8 Å². The number of halogens is 3. The molecule has 1 N–H and O–H groups in total. The third-order valence-electron chi connectivity index (χ3n) is 6.46. The van der Waals surface area contributed by atoms with Crippen LogP contribution in [-0.4, -0.2) is 15.5 Å². The average molecular weight is 496 g/mol. The molecule has 1 unspecified atom stereocenters. The van der Waals surface area contributed by atoms with Crippen molar-refractivity contribution in [2.24, 2.45) is 5.41 Å². The van der Waals surface area contributed by atoms with Gasteiger partial charge in [-0.3, -0.25) is 4.79 Å². The van der Waals surface area contributed by atoms with E-state index in [2.05, 4.69) is 47.8 Å². The van der Waals surface area contributed by atoms with Crippen LogP contribution < -0.4 is 5.32 Å². The number of amides is 1. The fourth-order valence-corrected chi connectivity index (χ4v) is 4.41. The van der Waals surface area contributed by atoms with E-state index < -0.39 is 29.0 Å². The number of anilines is 1. The van der Waals surface area contributed by atoms with Gasteiger partial charge in [0.25, 0.3) is 0 Å². The van der Waals surface area contributed by atoms with E-state index in [4.69, 9.17) is 0 Å². The van der Waals surface area contributed by atoms with Gasteiger partial charge in [0, 0.05) is 18.5 Å². The lowest BCUT2D eigenvalue weighted by Gasteiger charge is -2.37. The van der Waals surface area contributed by atoms with Crippen molar-refractivity contribution < 1.29 is 18.0 Å². The zero-order chi connectivity index (χ0) is 26.5. The third kappa shape index (κ3) is 6.53. The molecule has 3 rings (SSSR count). The Kier molecular flexibility index (Phi) is 8.56. The maximum absolute atomic E-state index is 13.7. The summed E-state index contributed by atoms with van der Waals surface area (Å²) < 4.78 is 42.3. The van der Waals surface area contributed by atoms with Crippen molar-refractivity contribution in [2.75, 3.05) is 5.32 Å². The smallest absolute Gasteiger partial charge is 0.248 e. The number of carbonyl (C=O) groups is 1. The van der Waals surface area contributed by atoms with Crippen molar-refractivity contribution in [1.82, 2.24) is 9.55 Å². The molecule has 36 heavy (non-hydrogen) atoms. The van der Waals surface area contributed by atoms with E-state index >= 15 is 0 Å². The SMILES string of the molecule is CC(C=CC1=C(C)C(n2ccnc2)CCC1(C)C)=CC=CC(C)=CC(=O)Nc1ccc(F)c(F)c1F. The molecule has 1 aliphatic rings. The summed E-state index contributed by atoms with van der Waals surface area (Å²) in [6.07, 6.45) is 18.9. The quantitative estimate of drug-likeness (QED) is 0.244. The summed E-state index contributed by atoms with van der Waals surface area (Å²) in [7, 11) is 0. The second-order valence-corrected chi connectivity index (χ2v) is 9.75. The normalized spacial score (nSPS) is 18.9. The van der Waals surface area contributed by atoms with Gasteiger partial charge in [0.1, 0.15) is 0 Å². The van der Waals surface area contributed by atoms with Crippen molar-refractivity contribution >= 4 is 11.6 Å². The summed E-state index contributed by atoms with van der Waals surface area (Å²) in [5, 5.41) is 2.22. The monoisotopic (exact) mass is 495 g/mol. The molecule has 190 valence electrons. The Labute approximate surface area is 210 Å². The van der Waals surface area contributed by atoms with E-state index in [-0.39, 0.29) is 5.41 Å². The first-order valence-electron chi connectivity index (χ1n) is 11.8. The largest absolute Gasteiger partial charge is 0.330 e. The van der Waals surface area contributed by atoms with Crippen LogP contribution in [0.3, 0.4) is 0 Å². The second-order valence-electron chi connectivity index (χ2n) is 9.75. The minimum absolute atomic E-state index is 0.0768. The summed E-state index contributed by atoms with van der Waals surface area (Å²) in [6.45, 7) is 10.4. The Morgan fingerprint density at radius 1 is 1.14 bits per heavy atom. The van der Waals surface area contributed by atoms with Crippen molar-refractivity contribution in [1.29, 1.82) is 0 Å². The molecule has 0 aliphatic heterocycles. The van der Waals surface area contributed by atoms with Crippen LogP contribution in [0.4, 0.5) is 18.9 Å². The highest BCUT2D eigenvalue weighted by Crippen LogP contribution is 2.45. The van der Waals surface area contributed by atoms with Crippen LogP contribution >= 0.6 is 0 Å². The summed E-state index contributed by atoms with van der Waals surface area (Å²) in [5.74, 6) is -5.01. The van der Waals surface area contributed by atoms with Gasteiger partial charge >= 0.3 is 0 Å². The predicted octanol–water partition coefficient (Wildman–Crippen LogP) is 7.62. The highest BCUT2D eigenvalue weighted by atomic mass is 19.2. The summed E-state index contributed by atoms with van der Waals surface area (Å²) in [5.41, 5.74) is 3.96. The molecule has 1 atom stereocenters. The van der Waals surface area contributed by atoms with Gasteiger partial charge in [-0.05, 0) is 67.9 Å². The van der Waals surface area contributed by atoms with Crippen LogP contribution in [0.5, 0.6) is 0 Å². The Bertz CT molecular complexity index is 1260. The predicted molar refractivity (Wildman–Crippen MR) is 138 cm³/mol. The lowest BCUT2D eigenvalue weighted by atomic mass is 9.71. The van der Waals surface area contributed by atoms with E-state index in [0.717, 1.165) is 30.5 Å². The first-order valence-corrected chi connectivity index (χ1v) is 11.8. The highest BCUT2D eigenvalue weighted by molar-refractivity contribution is 6.00. The number of carbonyl (C=O) groups excluding carboxylic acids is 1. The van der Waals surface area contributed by atoms with Crippen LogP contribution in [0.25, 0.3) is 0 Å². The van der Waals surface area contributed by atoms with Gasteiger partial charge in [-0.1, -0.05) is 49.8 Å². The molecule has 1 amide bonds. The van der Waals surface area contributed by atoms with Gasteiger partial charge in [-0.25, -0.2) is 18.2 Å². The van der Waals surface area contributed by atoms with Crippen LogP contribution in [0.1, 0.15) is 53.5 Å². The molecule has 0 radical (unpaired) electrons. The zero-order valence-electron chi connectivity index (χ0n) is 21.3. The molecule has 1 aromatic carbocycles. The molecule has 1 aromatic heterocycles. The second kappa shape index (κ2) is 11.4. The Morgan fingerprint density at radius 3 is 2.58 bits per heavy atom. The summed E-state index contributed by atoms with van der Waals surface area (Å²) in [6, 6.07) is 2.05. The van der Waals surface area contributed by atoms with Crippen LogP contribution in [0.2, 0.25) is 0 Å². The molecule has 1 heterocycles.